The lowest BCUT2D eigenvalue weighted by Crippen LogP contribution is -2.51. The standard InChI is InChI=1S/C12H19N3O3/c1-2-8-3-9-5-12(7-15(17)18,10(9)4-8)6-11(13)14-16/h4,9-10,16H,2-3,5-7H2,1H3,(H2,13,14)/t9-,10-,12-/m1/s1. The number of allylic oxidation sites excluding steroid dienone is 2. The van der Waals surface area contributed by atoms with Crippen LogP contribution in [-0.2, 0) is 0 Å². The minimum absolute atomic E-state index is 0.0913. The van der Waals surface area contributed by atoms with E-state index in [1.807, 2.05) is 0 Å². The topological polar surface area (TPSA) is 102 Å². The van der Waals surface area contributed by atoms with Crippen LogP contribution in [0.15, 0.2) is 16.8 Å². The summed E-state index contributed by atoms with van der Waals surface area (Å²) in [6.07, 6.45) is 5.35. The van der Waals surface area contributed by atoms with Gasteiger partial charge in [-0.3, -0.25) is 10.1 Å². The van der Waals surface area contributed by atoms with Gasteiger partial charge in [0, 0.05) is 16.8 Å². The van der Waals surface area contributed by atoms with Gasteiger partial charge >= 0.3 is 0 Å². The Kier molecular flexibility index (Phi) is 3.28. The van der Waals surface area contributed by atoms with E-state index in [0.717, 1.165) is 19.3 Å². The van der Waals surface area contributed by atoms with Crippen molar-refractivity contribution in [3.8, 4) is 0 Å². The third kappa shape index (κ3) is 2.07. The summed E-state index contributed by atoms with van der Waals surface area (Å²) in [6, 6.07) is 0. The molecule has 0 aromatic rings. The molecule has 18 heavy (non-hydrogen) atoms. The van der Waals surface area contributed by atoms with E-state index < -0.39 is 5.41 Å². The summed E-state index contributed by atoms with van der Waals surface area (Å²) in [4.78, 5) is 10.6. The lowest BCUT2D eigenvalue weighted by atomic mass is 9.53. The van der Waals surface area contributed by atoms with Gasteiger partial charge in [-0.25, -0.2) is 0 Å². The molecule has 0 aromatic heterocycles. The Morgan fingerprint density at radius 3 is 3.06 bits per heavy atom. The van der Waals surface area contributed by atoms with Gasteiger partial charge in [0.2, 0.25) is 6.54 Å². The maximum absolute atomic E-state index is 10.9. The van der Waals surface area contributed by atoms with Crippen molar-refractivity contribution in [1.82, 2.24) is 0 Å². The van der Waals surface area contributed by atoms with Crippen LogP contribution in [0.2, 0.25) is 0 Å². The summed E-state index contributed by atoms with van der Waals surface area (Å²) in [5.74, 6) is 0.832. The van der Waals surface area contributed by atoms with Gasteiger partial charge in [0.1, 0.15) is 5.84 Å². The van der Waals surface area contributed by atoms with E-state index in [-0.39, 0.29) is 23.2 Å². The number of nitrogens with two attached hydrogens (primary N) is 1. The molecule has 0 amide bonds. The fraction of sp³-hybridized carbons (Fsp3) is 0.750. The Labute approximate surface area is 106 Å². The highest BCUT2D eigenvalue weighted by Crippen LogP contribution is 2.60. The van der Waals surface area contributed by atoms with E-state index in [1.54, 1.807) is 0 Å². The van der Waals surface area contributed by atoms with Crippen molar-refractivity contribution in [2.75, 3.05) is 6.54 Å². The first-order valence-electron chi connectivity index (χ1n) is 6.28. The second-order valence-electron chi connectivity index (χ2n) is 5.49. The molecule has 100 valence electrons. The molecule has 3 atom stereocenters. The Hall–Kier alpha value is -1.59. The molecule has 0 unspecified atom stereocenters. The van der Waals surface area contributed by atoms with Crippen molar-refractivity contribution in [3.63, 3.8) is 0 Å². The van der Waals surface area contributed by atoms with Gasteiger partial charge in [-0.1, -0.05) is 23.7 Å². The summed E-state index contributed by atoms with van der Waals surface area (Å²) >= 11 is 0. The fourth-order valence-corrected chi connectivity index (χ4v) is 3.63. The van der Waals surface area contributed by atoms with Crippen LogP contribution in [-0.4, -0.2) is 22.5 Å². The summed E-state index contributed by atoms with van der Waals surface area (Å²) in [5, 5.41) is 22.5. The van der Waals surface area contributed by atoms with Crippen molar-refractivity contribution >= 4 is 5.84 Å². The van der Waals surface area contributed by atoms with Gasteiger partial charge in [-0.2, -0.15) is 0 Å². The number of hydrogen-bond acceptors (Lipinski definition) is 4. The smallest absolute Gasteiger partial charge is 0.210 e. The van der Waals surface area contributed by atoms with E-state index in [1.165, 1.54) is 5.57 Å². The molecule has 1 saturated carbocycles. The fourth-order valence-electron chi connectivity index (χ4n) is 3.63. The predicted octanol–water partition coefficient (Wildman–Crippen LogP) is 1.76. The maximum atomic E-state index is 10.9. The van der Waals surface area contributed by atoms with Crippen molar-refractivity contribution in [2.45, 2.75) is 32.6 Å². The first kappa shape index (κ1) is 12.9. The number of nitrogens with zero attached hydrogens (tertiary/aromatic N) is 2. The van der Waals surface area contributed by atoms with Crippen molar-refractivity contribution in [2.24, 2.45) is 28.1 Å². The van der Waals surface area contributed by atoms with Crippen LogP contribution in [0.3, 0.4) is 0 Å². The molecule has 3 N–H and O–H groups in total. The zero-order valence-corrected chi connectivity index (χ0v) is 10.5. The summed E-state index contributed by atoms with van der Waals surface area (Å²) in [7, 11) is 0. The van der Waals surface area contributed by atoms with Crippen molar-refractivity contribution in [1.29, 1.82) is 0 Å². The number of oxime groups is 1. The quantitative estimate of drug-likeness (QED) is 0.195. The third-order valence-corrected chi connectivity index (χ3v) is 4.38. The zero-order chi connectivity index (χ0) is 13.3. The third-order valence-electron chi connectivity index (χ3n) is 4.38. The van der Waals surface area contributed by atoms with Crippen LogP contribution < -0.4 is 5.73 Å². The molecule has 6 nitrogen and oxygen atoms in total. The molecule has 0 saturated heterocycles. The molecular weight excluding hydrogens is 234 g/mol. The Balaban J connectivity index is 2.18. The number of amidine groups is 1. The summed E-state index contributed by atoms with van der Waals surface area (Å²) in [5.41, 5.74) is 6.49. The Bertz CT molecular complexity index is 419. The number of hydrogen-bond donors (Lipinski definition) is 2. The van der Waals surface area contributed by atoms with E-state index in [9.17, 15) is 10.1 Å². The van der Waals surface area contributed by atoms with Crippen LogP contribution in [0.25, 0.3) is 0 Å². The van der Waals surface area contributed by atoms with Gasteiger partial charge in [-0.15, -0.1) is 0 Å². The van der Waals surface area contributed by atoms with Crippen LogP contribution in [0.1, 0.15) is 32.6 Å². The minimum atomic E-state index is -0.443. The second-order valence-corrected chi connectivity index (χ2v) is 5.49. The molecule has 1 fully saturated rings. The summed E-state index contributed by atoms with van der Waals surface area (Å²) in [6.45, 7) is 2.01. The SMILES string of the molecule is CCC1=C[C@@H]2[C@H](C1)C[C@@]2(C/C(N)=N/O)C[N+](=O)[O-]. The van der Waals surface area contributed by atoms with E-state index in [4.69, 9.17) is 10.9 Å². The summed E-state index contributed by atoms with van der Waals surface area (Å²) < 4.78 is 0. The van der Waals surface area contributed by atoms with Crippen LogP contribution >= 0.6 is 0 Å². The molecule has 0 radical (unpaired) electrons. The highest BCUT2D eigenvalue weighted by atomic mass is 16.6. The lowest BCUT2D eigenvalue weighted by Gasteiger charge is -2.49. The zero-order valence-electron chi connectivity index (χ0n) is 10.5. The number of rotatable bonds is 5. The van der Waals surface area contributed by atoms with Crippen LogP contribution in [0, 0.1) is 27.4 Å². The molecule has 2 rings (SSSR count). The largest absolute Gasteiger partial charge is 0.409 e. The van der Waals surface area contributed by atoms with Gasteiger partial charge in [0.15, 0.2) is 0 Å². The first-order valence-corrected chi connectivity index (χ1v) is 6.28. The Morgan fingerprint density at radius 1 is 1.78 bits per heavy atom. The molecule has 0 aromatic carbocycles. The van der Waals surface area contributed by atoms with Crippen LogP contribution in [0.5, 0.6) is 0 Å². The number of nitro groups is 1. The average Bonchev–Trinajstić information content (AvgIpc) is 2.65. The molecule has 0 spiro atoms. The van der Waals surface area contributed by atoms with Gasteiger partial charge in [0.25, 0.3) is 0 Å². The van der Waals surface area contributed by atoms with E-state index in [0.29, 0.717) is 12.3 Å². The molecular formula is C12H19N3O3. The Morgan fingerprint density at radius 2 is 2.50 bits per heavy atom. The first-order chi connectivity index (χ1) is 8.50. The molecule has 2 aliphatic rings. The minimum Gasteiger partial charge on any atom is -0.409 e. The maximum Gasteiger partial charge on any atom is 0.210 e. The molecule has 2 aliphatic carbocycles. The lowest BCUT2D eigenvalue weighted by molar-refractivity contribution is -0.505. The van der Waals surface area contributed by atoms with Crippen molar-refractivity contribution in [3.05, 3.63) is 21.8 Å². The average molecular weight is 253 g/mol. The molecule has 0 heterocycles. The molecule has 0 aliphatic heterocycles. The highest BCUT2D eigenvalue weighted by molar-refractivity contribution is 5.80. The monoisotopic (exact) mass is 253 g/mol. The van der Waals surface area contributed by atoms with Crippen LogP contribution in [0.4, 0.5) is 0 Å². The van der Waals surface area contributed by atoms with E-state index in [2.05, 4.69) is 18.2 Å². The van der Waals surface area contributed by atoms with Gasteiger partial charge in [0.05, 0.1) is 0 Å². The second kappa shape index (κ2) is 4.59. The normalized spacial score (nSPS) is 34.7. The predicted molar refractivity (Wildman–Crippen MR) is 66.9 cm³/mol. The number of fused-ring (bicyclic) bond motifs is 1. The van der Waals surface area contributed by atoms with Crippen molar-refractivity contribution < 1.29 is 10.1 Å². The van der Waals surface area contributed by atoms with Gasteiger partial charge < -0.3 is 10.9 Å². The van der Waals surface area contributed by atoms with Gasteiger partial charge in [-0.05, 0) is 31.1 Å². The highest BCUT2D eigenvalue weighted by Gasteiger charge is 2.57. The van der Waals surface area contributed by atoms with E-state index >= 15 is 0 Å². The molecule has 0 bridgehead atoms. The molecule has 6 heteroatoms.